The lowest BCUT2D eigenvalue weighted by atomic mass is 9.77. The summed E-state index contributed by atoms with van der Waals surface area (Å²) in [4.78, 5) is 0. The fourth-order valence-corrected chi connectivity index (χ4v) is 2.09. The maximum absolute atomic E-state index is 5.90. The predicted octanol–water partition coefficient (Wildman–Crippen LogP) is 2.65. The first-order chi connectivity index (χ1) is 6.95. The second-order valence-corrected chi connectivity index (χ2v) is 5.16. The van der Waals surface area contributed by atoms with E-state index in [1.54, 1.807) is 0 Å². The van der Waals surface area contributed by atoms with Gasteiger partial charge >= 0.3 is 0 Å². The number of nitrogens with two attached hydrogens (primary N) is 1. The van der Waals surface area contributed by atoms with Gasteiger partial charge in [0.1, 0.15) is 0 Å². The van der Waals surface area contributed by atoms with Gasteiger partial charge in [-0.05, 0) is 25.2 Å². The normalized spacial score (nSPS) is 31.3. The fourth-order valence-electron chi connectivity index (χ4n) is 2.09. The van der Waals surface area contributed by atoms with Gasteiger partial charge in [0.25, 0.3) is 0 Å². The lowest BCUT2D eigenvalue weighted by molar-refractivity contribution is -0.0742. The van der Waals surface area contributed by atoms with E-state index in [0.717, 1.165) is 12.8 Å². The molecule has 2 heteroatoms. The number of ether oxygens (including phenoxy) is 1. The molecule has 0 aliphatic carbocycles. The highest BCUT2D eigenvalue weighted by atomic mass is 16.5. The smallest absolute Gasteiger partial charge is 0.0661 e. The van der Waals surface area contributed by atoms with Gasteiger partial charge in [0.05, 0.1) is 12.7 Å². The highest BCUT2D eigenvalue weighted by molar-refractivity contribution is 5.13. The monoisotopic (exact) mass is 209 g/mol. The molecule has 0 radical (unpaired) electrons. The van der Waals surface area contributed by atoms with Gasteiger partial charge in [0, 0.05) is 6.04 Å². The first-order valence-corrected chi connectivity index (χ1v) is 5.62. The molecule has 2 N–H and O–H groups in total. The molecule has 0 aromatic rings. The molecule has 1 aliphatic rings. The molecule has 0 aromatic heterocycles. The Hall–Kier alpha value is -0.600. The Labute approximate surface area is 93.2 Å². The average Bonchev–Trinajstić information content (AvgIpc) is 2.14. The van der Waals surface area contributed by atoms with Gasteiger partial charge in [0.15, 0.2) is 0 Å². The van der Waals surface area contributed by atoms with E-state index in [9.17, 15) is 0 Å². The zero-order valence-corrected chi connectivity index (χ0v) is 10.1. The second-order valence-electron chi connectivity index (χ2n) is 5.16. The molecule has 0 spiro atoms. The largest absolute Gasteiger partial charge is 0.376 e. The molecule has 0 bridgehead atoms. The average molecular weight is 209 g/mol. The van der Waals surface area contributed by atoms with Gasteiger partial charge in [-0.1, -0.05) is 38.2 Å². The van der Waals surface area contributed by atoms with Crippen molar-refractivity contribution in [3.63, 3.8) is 0 Å². The summed E-state index contributed by atoms with van der Waals surface area (Å²) in [6.45, 7) is 11.0. The van der Waals surface area contributed by atoms with Crippen molar-refractivity contribution in [2.45, 2.75) is 45.8 Å². The molecule has 1 saturated heterocycles. The standard InChI is InChI=1S/C13H23NO/c1-5-10(2)6-7-12-13(3,4)8-11(14)9-15-12/h5-6,11-12H,1,7-9,14H2,2-4H3/b10-6+. The van der Waals surface area contributed by atoms with Crippen molar-refractivity contribution >= 4 is 0 Å². The summed E-state index contributed by atoms with van der Waals surface area (Å²) >= 11 is 0. The third-order valence-corrected chi connectivity index (χ3v) is 3.15. The van der Waals surface area contributed by atoms with E-state index in [4.69, 9.17) is 10.5 Å². The zero-order chi connectivity index (χ0) is 11.5. The van der Waals surface area contributed by atoms with Crippen molar-refractivity contribution < 1.29 is 4.74 Å². The summed E-state index contributed by atoms with van der Waals surface area (Å²) in [5.41, 5.74) is 7.29. The number of hydrogen-bond donors (Lipinski definition) is 1. The number of rotatable bonds is 3. The molecule has 2 nitrogen and oxygen atoms in total. The van der Waals surface area contributed by atoms with E-state index in [0.29, 0.717) is 6.61 Å². The van der Waals surface area contributed by atoms with Gasteiger partial charge in [-0.2, -0.15) is 0 Å². The van der Waals surface area contributed by atoms with Crippen molar-refractivity contribution in [1.29, 1.82) is 0 Å². The van der Waals surface area contributed by atoms with Gasteiger partial charge in [0.2, 0.25) is 0 Å². The zero-order valence-electron chi connectivity index (χ0n) is 10.1. The number of allylic oxidation sites excluding steroid dienone is 2. The highest BCUT2D eigenvalue weighted by Crippen LogP contribution is 2.34. The first-order valence-electron chi connectivity index (χ1n) is 5.62. The molecule has 0 aromatic carbocycles. The van der Waals surface area contributed by atoms with E-state index in [1.165, 1.54) is 5.57 Å². The first kappa shape index (κ1) is 12.5. The lowest BCUT2D eigenvalue weighted by Gasteiger charge is -2.41. The predicted molar refractivity (Wildman–Crippen MR) is 64.7 cm³/mol. The molecule has 2 atom stereocenters. The minimum atomic E-state index is 0.176. The maximum Gasteiger partial charge on any atom is 0.0661 e. The summed E-state index contributed by atoms with van der Waals surface area (Å²) in [6, 6.07) is 0.195. The summed E-state index contributed by atoms with van der Waals surface area (Å²) in [7, 11) is 0. The van der Waals surface area contributed by atoms with Crippen LogP contribution in [0.1, 0.15) is 33.6 Å². The van der Waals surface area contributed by atoms with Crippen molar-refractivity contribution in [3.8, 4) is 0 Å². The molecule has 15 heavy (non-hydrogen) atoms. The molecule has 86 valence electrons. The summed E-state index contributed by atoms with van der Waals surface area (Å²) in [6.07, 6.45) is 6.35. The SMILES string of the molecule is C=C/C(C)=C/CC1OCC(N)CC1(C)C. The Kier molecular flexibility index (Phi) is 4.12. The van der Waals surface area contributed by atoms with E-state index in [-0.39, 0.29) is 17.6 Å². The minimum Gasteiger partial charge on any atom is -0.376 e. The van der Waals surface area contributed by atoms with Crippen LogP contribution in [0.2, 0.25) is 0 Å². The maximum atomic E-state index is 5.90. The van der Waals surface area contributed by atoms with Gasteiger partial charge < -0.3 is 10.5 Å². The Morgan fingerprint density at radius 2 is 2.27 bits per heavy atom. The van der Waals surface area contributed by atoms with Crippen LogP contribution < -0.4 is 5.73 Å². The molecule has 1 fully saturated rings. The van der Waals surface area contributed by atoms with Crippen LogP contribution in [0.25, 0.3) is 0 Å². The Morgan fingerprint density at radius 1 is 1.60 bits per heavy atom. The van der Waals surface area contributed by atoms with Crippen molar-refractivity contribution in [2.75, 3.05) is 6.61 Å². The van der Waals surface area contributed by atoms with Crippen LogP contribution in [0.5, 0.6) is 0 Å². The van der Waals surface area contributed by atoms with Crippen LogP contribution in [0, 0.1) is 5.41 Å². The van der Waals surface area contributed by atoms with Crippen LogP contribution in [-0.4, -0.2) is 18.8 Å². The summed E-state index contributed by atoms with van der Waals surface area (Å²) < 4.78 is 5.80. The Balaban J connectivity index is 2.58. The van der Waals surface area contributed by atoms with Gasteiger partial charge in [-0.15, -0.1) is 0 Å². The van der Waals surface area contributed by atoms with Crippen LogP contribution in [0.4, 0.5) is 0 Å². The molecule has 2 unspecified atom stereocenters. The highest BCUT2D eigenvalue weighted by Gasteiger charge is 2.35. The third kappa shape index (κ3) is 3.47. The van der Waals surface area contributed by atoms with E-state index in [2.05, 4.69) is 33.4 Å². The van der Waals surface area contributed by atoms with Crippen molar-refractivity contribution in [3.05, 3.63) is 24.3 Å². The van der Waals surface area contributed by atoms with Gasteiger partial charge in [-0.25, -0.2) is 0 Å². The molecule has 1 heterocycles. The van der Waals surface area contributed by atoms with Crippen LogP contribution >= 0.6 is 0 Å². The lowest BCUT2D eigenvalue weighted by Crippen LogP contribution is -2.46. The fraction of sp³-hybridized carbons (Fsp3) is 0.692. The van der Waals surface area contributed by atoms with Crippen LogP contribution in [0.15, 0.2) is 24.3 Å². The molecule has 0 amide bonds. The van der Waals surface area contributed by atoms with Crippen LogP contribution in [-0.2, 0) is 4.74 Å². The quantitative estimate of drug-likeness (QED) is 0.725. The molecule has 1 aliphatic heterocycles. The van der Waals surface area contributed by atoms with Crippen molar-refractivity contribution in [1.82, 2.24) is 0 Å². The second kappa shape index (κ2) is 4.95. The molecule has 0 saturated carbocycles. The minimum absolute atomic E-state index is 0.176. The Morgan fingerprint density at radius 3 is 2.80 bits per heavy atom. The van der Waals surface area contributed by atoms with Crippen LogP contribution in [0.3, 0.4) is 0 Å². The van der Waals surface area contributed by atoms with E-state index >= 15 is 0 Å². The van der Waals surface area contributed by atoms with Crippen molar-refractivity contribution in [2.24, 2.45) is 11.1 Å². The van der Waals surface area contributed by atoms with Gasteiger partial charge in [-0.3, -0.25) is 0 Å². The molecular formula is C13H23NO. The topological polar surface area (TPSA) is 35.2 Å². The molecule has 1 rings (SSSR count). The third-order valence-electron chi connectivity index (χ3n) is 3.15. The van der Waals surface area contributed by atoms with E-state index < -0.39 is 0 Å². The Bertz CT molecular complexity index is 255. The summed E-state index contributed by atoms with van der Waals surface area (Å²) in [5, 5.41) is 0. The number of hydrogen-bond acceptors (Lipinski definition) is 2. The van der Waals surface area contributed by atoms with E-state index in [1.807, 2.05) is 6.08 Å². The summed E-state index contributed by atoms with van der Waals surface area (Å²) in [5.74, 6) is 0. The molecular weight excluding hydrogens is 186 g/mol.